The van der Waals surface area contributed by atoms with E-state index in [0.717, 1.165) is 0 Å². The molecule has 2 heterocycles. The largest absolute Gasteiger partial charge is 0.324 e. The number of rotatable bonds is 4. The molecule has 7 nitrogen and oxygen atoms in total. The van der Waals surface area contributed by atoms with Crippen molar-refractivity contribution in [2.24, 2.45) is 14.1 Å². The second-order valence-electron chi connectivity index (χ2n) is 4.07. The molecule has 0 bridgehead atoms. The molecule has 2 rings (SSSR count). The Labute approximate surface area is 116 Å². The quantitative estimate of drug-likeness (QED) is 0.919. The molecule has 2 aromatic rings. The molecule has 1 N–H and O–H groups in total. The number of aromatic nitrogens is 4. The SMILES string of the molecule is CCc1nn(C)cc1NS(=O)(=O)c1ncn(C)c1Cl. The van der Waals surface area contributed by atoms with E-state index >= 15 is 0 Å². The van der Waals surface area contributed by atoms with Crippen LogP contribution in [0.4, 0.5) is 5.69 Å². The third-order valence-electron chi connectivity index (χ3n) is 2.57. The second kappa shape index (κ2) is 4.86. The Kier molecular flexibility index (Phi) is 3.55. The van der Waals surface area contributed by atoms with Gasteiger partial charge in [0.1, 0.15) is 5.15 Å². The number of nitrogens with zero attached hydrogens (tertiary/aromatic N) is 4. The van der Waals surface area contributed by atoms with Crippen LogP contribution in [-0.2, 0) is 30.5 Å². The maximum Gasteiger partial charge on any atom is 0.282 e. The number of sulfonamides is 1. The van der Waals surface area contributed by atoms with E-state index in [1.807, 2.05) is 6.92 Å². The highest BCUT2D eigenvalue weighted by atomic mass is 35.5. The molecule has 0 spiro atoms. The first-order valence-electron chi connectivity index (χ1n) is 5.57. The van der Waals surface area contributed by atoms with Crippen molar-refractivity contribution in [2.45, 2.75) is 18.4 Å². The zero-order valence-electron chi connectivity index (χ0n) is 10.8. The lowest BCUT2D eigenvalue weighted by molar-refractivity contribution is 0.598. The van der Waals surface area contributed by atoms with Gasteiger partial charge in [-0.2, -0.15) is 13.5 Å². The highest BCUT2D eigenvalue weighted by Crippen LogP contribution is 2.23. The molecule has 0 unspecified atom stereocenters. The Hall–Kier alpha value is -1.54. The molecule has 0 saturated carbocycles. The standard InChI is InChI=1S/C10H14ClN5O2S/c1-4-7-8(5-16(3)13-7)14-19(17,18)10-9(11)15(2)6-12-10/h5-6,14H,4H2,1-3H3. The smallest absolute Gasteiger partial charge is 0.282 e. The summed E-state index contributed by atoms with van der Waals surface area (Å²) in [7, 11) is -0.462. The second-order valence-corrected chi connectivity index (χ2v) is 6.03. The molecule has 2 aromatic heterocycles. The van der Waals surface area contributed by atoms with E-state index in [9.17, 15) is 8.42 Å². The lowest BCUT2D eigenvalue weighted by Gasteiger charge is -2.05. The van der Waals surface area contributed by atoms with Crippen LogP contribution in [0.3, 0.4) is 0 Å². The monoisotopic (exact) mass is 303 g/mol. The van der Waals surface area contributed by atoms with Gasteiger partial charge in [0.2, 0.25) is 5.03 Å². The molecular weight excluding hydrogens is 290 g/mol. The number of hydrogen-bond donors (Lipinski definition) is 1. The van der Waals surface area contributed by atoms with Crippen LogP contribution >= 0.6 is 11.6 Å². The Morgan fingerprint density at radius 3 is 2.63 bits per heavy atom. The van der Waals surface area contributed by atoms with Crippen LogP contribution in [-0.4, -0.2) is 27.7 Å². The number of halogens is 1. The summed E-state index contributed by atoms with van der Waals surface area (Å²) >= 11 is 5.90. The molecule has 0 radical (unpaired) electrons. The van der Waals surface area contributed by atoms with E-state index < -0.39 is 10.0 Å². The fourth-order valence-electron chi connectivity index (χ4n) is 1.65. The molecule has 0 amide bonds. The van der Waals surface area contributed by atoms with Crippen LogP contribution in [0.15, 0.2) is 17.6 Å². The molecule has 0 aliphatic carbocycles. The van der Waals surface area contributed by atoms with Crippen molar-refractivity contribution in [3.8, 4) is 0 Å². The highest BCUT2D eigenvalue weighted by Gasteiger charge is 2.24. The van der Waals surface area contributed by atoms with E-state index in [4.69, 9.17) is 11.6 Å². The normalized spacial score (nSPS) is 11.8. The molecule has 9 heteroatoms. The van der Waals surface area contributed by atoms with Crippen molar-refractivity contribution in [2.75, 3.05) is 4.72 Å². The first-order valence-corrected chi connectivity index (χ1v) is 7.43. The van der Waals surface area contributed by atoms with E-state index in [-0.39, 0.29) is 10.2 Å². The minimum absolute atomic E-state index is 0.0643. The predicted octanol–water partition coefficient (Wildman–Crippen LogP) is 1.17. The van der Waals surface area contributed by atoms with Crippen molar-refractivity contribution < 1.29 is 8.42 Å². The zero-order valence-corrected chi connectivity index (χ0v) is 12.3. The average Bonchev–Trinajstić information content (AvgIpc) is 2.83. The number of aryl methyl sites for hydroxylation is 3. The van der Waals surface area contributed by atoms with Gasteiger partial charge >= 0.3 is 0 Å². The lowest BCUT2D eigenvalue weighted by Crippen LogP contribution is -2.14. The van der Waals surface area contributed by atoms with Gasteiger partial charge in [0, 0.05) is 20.3 Å². The zero-order chi connectivity index (χ0) is 14.2. The van der Waals surface area contributed by atoms with Crippen LogP contribution in [0, 0.1) is 0 Å². The van der Waals surface area contributed by atoms with Crippen LogP contribution in [0.25, 0.3) is 0 Å². The number of nitrogens with one attached hydrogen (secondary N) is 1. The van der Waals surface area contributed by atoms with Crippen LogP contribution in [0.2, 0.25) is 5.15 Å². The first-order chi connectivity index (χ1) is 8.85. The number of hydrogen-bond acceptors (Lipinski definition) is 4. The minimum Gasteiger partial charge on any atom is -0.324 e. The average molecular weight is 304 g/mol. The number of anilines is 1. The summed E-state index contributed by atoms with van der Waals surface area (Å²) in [6.07, 6.45) is 3.57. The van der Waals surface area contributed by atoms with Gasteiger partial charge in [-0.1, -0.05) is 18.5 Å². The van der Waals surface area contributed by atoms with Gasteiger partial charge in [-0.25, -0.2) is 4.98 Å². The van der Waals surface area contributed by atoms with E-state index in [0.29, 0.717) is 17.8 Å². The highest BCUT2D eigenvalue weighted by molar-refractivity contribution is 7.92. The Morgan fingerprint density at radius 1 is 1.42 bits per heavy atom. The fourth-order valence-corrected chi connectivity index (χ4v) is 3.15. The topological polar surface area (TPSA) is 81.8 Å². The number of imidazole rings is 1. The lowest BCUT2D eigenvalue weighted by atomic mass is 10.3. The Bertz CT molecular complexity index is 704. The minimum atomic E-state index is -3.81. The van der Waals surface area contributed by atoms with Crippen molar-refractivity contribution in [1.82, 2.24) is 19.3 Å². The summed E-state index contributed by atoms with van der Waals surface area (Å²) in [5.74, 6) is 0. The summed E-state index contributed by atoms with van der Waals surface area (Å²) in [5, 5.41) is 4.04. The van der Waals surface area contributed by atoms with Gasteiger partial charge in [-0.05, 0) is 6.42 Å². The van der Waals surface area contributed by atoms with Gasteiger partial charge < -0.3 is 4.57 Å². The molecule has 0 aliphatic heterocycles. The van der Waals surface area contributed by atoms with E-state index in [1.165, 1.54) is 10.9 Å². The molecule has 0 aliphatic rings. The Balaban J connectivity index is 2.39. The van der Waals surface area contributed by atoms with E-state index in [1.54, 1.807) is 25.0 Å². The Morgan fingerprint density at radius 2 is 2.11 bits per heavy atom. The molecule has 0 atom stereocenters. The molecule has 104 valence electrons. The molecule has 0 aromatic carbocycles. The van der Waals surface area contributed by atoms with Gasteiger partial charge in [0.15, 0.2) is 0 Å². The third kappa shape index (κ3) is 2.59. The predicted molar refractivity (Wildman–Crippen MR) is 71.6 cm³/mol. The van der Waals surface area contributed by atoms with Gasteiger partial charge in [-0.3, -0.25) is 9.40 Å². The summed E-state index contributed by atoms with van der Waals surface area (Å²) in [5.41, 5.74) is 1.10. The van der Waals surface area contributed by atoms with Crippen LogP contribution in [0.5, 0.6) is 0 Å². The summed E-state index contributed by atoms with van der Waals surface area (Å²) in [4.78, 5) is 3.80. The van der Waals surface area contributed by atoms with E-state index in [2.05, 4.69) is 14.8 Å². The molecule has 19 heavy (non-hydrogen) atoms. The molecule has 0 saturated heterocycles. The van der Waals surface area contributed by atoms with Crippen LogP contribution in [0.1, 0.15) is 12.6 Å². The molecular formula is C10H14ClN5O2S. The van der Waals surface area contributed by atoms with Crippen molar-refractivity contribution in [1.29, 1.82) is 0 Å². The maximum atomic E-state index is 12.2. The van der Waals surface area contributed by atoms with Crippen molar-refractivity contribution >= 4 is 27.3 Å². The van der Waals surface area contributed by atoms with Crippen molar-refractivity contribution in [3.05, 3.63) is 23.4 Å². The first kappa shape index (κ1) is 13.9. The van der Waals surface area contributed by atoms with Gasteiger partial charge in [-0.15, -0.1) is 0 Å². The third-order valence-corrected chi connectivity index (χ3v) is 4.43. The summed E-state index contributed by atoms with van der Waals surface area (Å²) in [6.45, 7) is 1.90. The van der Waals surface area contributed by atoms with Gasteiger partial charge in [0.25, 0.3) is 10.0 Å². The van der Waals surface area contributed by atoms with Gasteiger partial charge in [0.05, 0.1) is 17.7 Å². The summed E-state index contributed by atoms with van der Waals surface area (Å²) in [6, 6.07) is 0. The maximum absolute atomic E-state index is 12.2. The van der Waals surface area contributed by atoms with Crippen molar-refractivity contribution in [3.63, 3.8) is 0 Å². The van der Waals surface area contributed by atoms with Crippen LogP contribution < -0.4 is 4.72 Å². The summed E-state index contributed by atoms with van der Waals surface area (Å²) < 4.78 is 29.9. The fraction of sp³-hybridized carbons (Fsp3) is 0.400. The molecule has 0 fully saturated rings.